The second-order valence-corrected chi connectivity index (χ2v) is 6.33. The number of H-pyrrole nitrogens is 1. The Morgan fingerprint density at radius 3 is 3.08 bits per heavy atom. The predicted molar refractivity (Wildman–Crippen MR) is 93.7 cm³/mol. The molecule has 3 heterocycles. The Kier molecular flexibility index (Phi) is 3.98. The van der Waals surface area contributed by atoms with Crippen molar-refractivity contribution in [2.45, 2.75) is 25.8 Å². The largest absolute Gasteiger partial charge is 0.490 e. The molecule has 0 saturated carbocycles. The van der Waals surface area contributed by atoms with Crippen molar-refractivity contribution in [3.63, 3.8) is 0 Å². The van der Waals surface area contributed by atoms with Crippen molar-refractivity contribution in [1.82, 2.24) is 19.9 Å². The number of fused-ring (bicyclic) bond motifs is 1. The van der Waals surface area contributed by atoms with Gasteiger partial charge in [0, 0.05) is 6.54 Å². The number of anilines is 1. The van der Waals surface area contributed by atoms with Crippen LogP contribution in [-0.4, -0.2) is 39.1 Å². The number of aryl methyl sites for hydroxylation is 1. The molecule has 1 unspecified atom stereocenters. The lowest BCUT2D eigenvalue weighted by Crippen LogP contribution is -2.35. The van der Waals surface area contributed by atoms with E-state index in [1.165, 1.54) is 0 Å². The number of benzene rings is 1. The maximum Gasteiger partial charge on any atom is 0.163 e. The minimum atomic E-state index is 0.246. The molecule has 7 heteroatoms. The summed E-state index contributed by atoms with van der Waals surface area (Å²) in [6, 6.07) is 7.80. The van der Waals surface area contributed by atoms with E-state index < -0.39 is 0 Å². The van der Waals surface area contributed by atoms with E-state index in [0.29, 0.717) is 11.6 Å². The van der Waals surface area contributed by atoms with Crippen molar-refractivity contribution < 1.29 is 4.74 Å². The number of nitrogens with zero attached hydrogens (tertiary/aromatic N) is 4. The van der Waals surface area contributed by atoms with Gasteiger partial charge in [0.25, 0.3) is 0 Å². The number of para-hydroxylation sites is 1. The number of aromatic nitrogens is 4. The summed E-state index contributed by atoms with van der Waals surface area (Å²) in [4.78, 5) is 18.7. The molecule has 1 aromatic carbocycles. The van der Waals surface area contributed by atoms with Crippen LogP contribution in [0.15, 0.2) is 30.6 Å². The van der Waals surface area contributed by atoms with Crippen LogP contribution in [-0.2, 0) is 0 Å². The summed E-state index contributed by atoms with van der Waals surface area (Å²) < 4.78 is 5.95. The zero-order valence-electron chi connectivity index (χ0n) is 13.4. The lowest BCUT2D eigenvalue weighted by atomic mass is 10.2. The van der Waals surface area contributed by atoms with Crippen molar-refractivity contribution >= 4 is 28.6 Å². The first kappa shape index (κ1) is 15.2. The summed E-state index contributed by atoms with van der Waals surface area (Å²) in [5.41, 5.74) is 1.58. The Morgan fingerprint density at radius 2 is 2.21 bits per heavy atom. The Bertz CT molecular complexity index is 865. The van der Waals surface area contributed by atoms with Crippen LogP contribution < -0.4 is 9.64 Å². The Labute approximate surface area is 144 Å². The first-order valence-corrected chi connectivity index (χ1v) is 8.42. The van der Waals surface area contributed by atoms with E-state index in [1.54, 1.807) is 6.33 Å². The third kappa shape index (κ3) is 2.78. The molecular weight excluding hydrogens is 326 g/mol. The lowest BCUT2D eigenvalue weighted by molar-refractivity contribution is 0.288. The SMILES string of the molecule is Cc1nc(N2CCCC2COc2ccccc2Cl)c2nc[nH]c2n1. The third-order valence-electron chi connectivity index (χ3n) is 4.29. The maximum absolute atomic E-state index is 6.17. The van der Waals surface area contributed by atoms with Gasteiger partial charge in [0.1, 0.15) is 23.7 Å². The zero-order chi connectivity index (χ0) is 16.5. The zero-order valence-corrected chi connectivity index (χ0v) is 14.1. The molecule has 1 fully saturated rings. The average Bonchev–Trinajstić information content (AvgIpc) is 3.22. The van der Waals surface area contributed by atoms with Crippen LogP contribution in [0.3, 0.4) is 0 Å². The number of ether oxygens (including phenoxy) is 1. The topological polar surface area (TPSA) is 66.9 Å². The Balaban J connectivity index is 1.58. The van der Waals surface area contributed by atoms with Crippen molar-refractivity contribution in [3.05, 3.63) is 41.4 Å². The molecule has 1 atom stereocenters. The van der Waals surface area contributed by atoms with Crippen molar-refractivity contribution in [2.24, 2.45) is 0 Å². The highest BCUT2D eigenvalue weighted by atomic mass is 35.5. The average molecular weight is 344 g/mol. The molecule has 1 saturated heterocycles. The van der Waals surface area contributed by atoms with Gasteiger partial charge in [-0.05, 0) is 31.9 Å². The quantitative estimate of drug-likeness (QED) is 0.786. The molecule has 124 valence electrons. The summed E-state index contributed by atoms with van der Waals surface area (Å²) >= 11 is 6.17. The van der Waals surface area contributed by atoms with Crippen LogP contribution in [0.25, 0.3) is 11.2 Å². The van der Waals surface area contributed by atoms with E-state index in [0.717, 1.165) is 47.9 Å². The second-order valence-electron chi connectivity index (χ2n) is 5.93. The van der Waals surface area contributed by atoms with Gasteiger partial charge < -0.3 is 14.6 Å². The van der Waals surface area contributed by atoms with Crippen LogP contribution in [0.2, 0.25) is 5.02 Å². The van der Waals surface area contributed by atoms with E-state index in [2.05, 4.69) is 24.8 Å². The third-order valence-corrected chi connectivity index (χ3v) is 4.60. The van der Waals surface area contributed by atoms with Gasteiger partial charge in [0.2, 0.25) is 0 Å². The molecule has 1 N–H and O–H groups in total. The number of nitrogens with one attached hydrogen (secondary N) is 1. The minimum Gasteiger partial charge on any atom is -0.490 e. The number of aromatic amines is 1. The lowest BCUT2D eigenvalue weighted by Gasteiger charge is -2.26. The first-order chi connectivity index (χ1) is 11.7. The molecule has 24 heavy (non-hydrogen) atoms. The van der Waals surface area contributed by atoms with Crippen LogP contribution >= 0.6 is 11.6 Å². The van der Waals surface area contributed by atoms with Gasteiger partial charge in [-0.3, -0.25) is 0 Å². The Hall–Kier alpha value is -2.34. The smallest absolute Gasteiger partial charge is 0.163 e. The number of hydrogen-bond donors (Lipinski definition) is 1. The highest BCUT2D eigenvalue weighted by molar-refractivity contribution is 6.32. The van der Waals surface area contributed by atoms with E-state index in [4.69, 9.17) is 16.3 Å². The predicted octanol–water partition coefficient (Wildman–Crippen LogP) is 3.36. The van der Waals surface area contributed by atoms with E-state index in [1.807, 2.05) is 31.2 Å². The molecule has 0 aliphatic carbocycles. The monoisotopic (exact) mass is 343 g/mol. The fourth-order valence-corrected chi connectivity index (χ4v) is 3.36. The van der Waals surface area contributed by atoms with Gasteiger partial charge in [-0.1, -0.05) is 23.7 Å². The number of rotatable bonds is 4. The summed E-state index contributed by atoms with van der Waals surface area (Å²) in [6.45, 7) is 3.41. The number of imidazole rings is 1. The van der Waals surface area contributed by atoms with Gasteiger partial charge in [0.05, 0.1) is 17.4 Å². The summed E-state index contributed by atoms with van der Waals surface area (Å²) in [7, 11) is 0. The van der Waals surface area contributed by atoms with E-state index >= 15 is 0 Å². The van der Waals surface area contributed by atoms with Gasteiger partial charge in [-0.15, -0.1) is 0 Å². The molecule has 0 spiro atoms. The fraction of sp³-hybridized carbons (Fsp3) is 0.353. The molecule has 0 amide bonds. The van der Waals surface area contributed by atoms with Gasteiger partial charge in [-0.25, -0.2) is 15.0 Å². The molecular formula is C17H18ClN5O. The minimum absolute atomic E-state index is 0.246. The highest BCUT2D eigenvalue weighted by Gasteiger charge is 2.29. The molecule has 0 bridgehead atoms. The van der Waals surface area contributed by atoms with E-state index in [-0.39, 0.29) is 6.04 Å². The molecule has 3 aromatic rings. The summed E-state index contributed by atoms with van der Waals surface area (Å²) in [5, 5.41) is 0.634. The summed E-state index contributed by atoms with van der Waals surface area (Å²) in [6.07, 6.45) is 3.82. The number of halogens is 1. The van der Waals surface area contributed by atoms with E-state index in [9.17, 15) is 0 Å². The molecule has 2 aromatic heterocycles. The molecule has 6 nitrogen and oxygen atoms in total. The maximum atomic E-state index is 6.17. The first-order valence-electron chi connectivity index (χ1n) is 8.04. The van der Waals surface area contributed by atoms with Crippen LogP contribution in [0, 0.1) is 6.92 Å². The molecule has 1 aliphatic heterocycles. The normalized spacial score (nSPS) is 17.6. The molecule has 1 aliphatic rings. The van der Waals surface area contributed by atoms with Crippen LogP contribution in [0.4, 0.5) is 5.82 Å². The van der Waals surface area contributed by atoms with Gasteiger partial charge in [0.15, 0.2) is 11.5 Å². The second kappa shape index (κ2) is 6.28. The molecule has 4 rings (SSSR count). The van der Waals surface area contributed by atoms with Crippen molar-refractivity contribution in [1.29, 1.82) is 0 Å². The standard InChI is InChI=1S/C17H18ClN5O/c1-11-21-16-15(19-10-20-16)17(22-11)23-8-4-5-12(23)9-24-14-7-3-2-6-13(14)18/h2-3,6-7,10,12H,4-5,8-9H2,1H3,(H,19,20,21,22). The summed E-state index contributed by atoms with van der Waals surface area (Å²) in [5.74, 6) is 2.33. The van der Waals surface area contributed by atoms with Gasteiger partial charge in [-0.2, -0.15) is 0 Å². The Morgan fingerprint density at radius 1 is 1.33 bits per heavy atom. The number of hydrogen-bond acceptors (Lipinski definition) is 5. The fourth-order valence-electron chi connectivity index (χ4n) is 3.17. The molecule has 0 radical (unpaired) electrons. The van der Waals surface area contributed by atoms with Crippen molar-refractivity contribution in [2.75, 3.05) is 18.1 Å². The highest BCUT2D eigenvalue weighted by Crippen LogP contribution is 2.30. The van der Waals surface area contributed by atoms with Gasteiger partial charge >= 0.3 is 0 Å². The van der Waals surface area contributed by atoms with Crippen LogP contribution in [0.1, 0.15) is 18.7 Å². The van der Waals surface area contributed by atoms with Crippen molar-refractivity contribution in [3.8, 4) is 5.75 Å². The van der Waals surface area contributed by atoms with Crippen LogP contribution in [0.5, 0.6) is 5.75 Å².